The summed E-state index contributed by atoms with van der Waals surface area (Å²) in [4.78, 5) is 14.4. The lowest BCUT2D eigenvalue weighted by Gasteiger charge is -2.01. The Morgan fingerprint density at radius 2 is 1.80 bits per heavy atom. The lowest BCUT2D eigenvalue weighted by molar-refractivity contribution is 1.24. The number of nitrogens with zero attached hydrogens (tertiary/aromatic N) is 3. The average molecular weight is 298 g/mol. The van der Waals surface area contributed by atoms with Crippen LogP contribution in [-0.2, 0) is 0 Å². The van der Waals surface area contributed by atoms with Crippen LogP contribution in [0.25, 0.3) is 31.8 Å². The molecule has 3 nitrogen and oxygen atoms in total. The van der Waals surface area contributed by atoms with Gasteiger partial charge in [0.05, 0.1) is 10.2 Å². The number of hydrogen-bond acceptors (Lipinski definition) is 4. The third-order valence-electron chi connectivity index (χ3n) is 3.08. The fourth-order valence-corrected chi connectivity index (χ4v) is 3.41. The molecule has 0 amide bonds. The van der Waals surface area contributed by atoms with Crippen LogP contribution >= 0.6 is 22.9 Å². The number of rotatable bonds is 1. The predicted molar refractivity (Wildman–Crippen MR) is 83.2 cm³/mol. The van der Waals surface area contributed by atoms with Crippen LogP contribution in [0, 0.1) is 0 Å². The van der Waals surface area contributed by atoms with Crippen LogP contribution in [0.1, 0.15) is 0 Å². The number of pyridine rings is 1. The first-order chi connectivity index (χ1) is 9.83. The van der Waals surface area contributed by atoms with E-state index in [0.717, 1.165) is 26.0 Å². The lowest BCUT2D eigenvalue weighted by Crippen LogP contribution is -1.89. The van der Waals surface area contributed by atoms with E-state index in [1.54, 1.807) is 6.20 Å². The van der Waals surface area contributed by atoms with Gasteiger partial charge >= 0.3 is 0 Å². The Labute approximate surface area is 123 Å². The fourth-order valence-electron chi connectivity index (χ4n) is 2.16. The highest BCUT2D eigenvalue weighted by molar-refractivity contribution is 7.25. The van der Waals surface area contributed by atoms with Crippen LogP contribution in [0.4, 0.5) is 0 Å². The standard InChI is InChI=1S/C15H8ClN3S/c16-13-12-11(10-7-4-8-17-15(10)20-12)18-14(19-13)9-5-2-1-3-6-9/h1-8H. The molecule has 4 rings (SSSR count). The van der Waals surface area contributed by atoms with Crippen molar-refractivity contribution >= 4 is 43.4 Å². The first kappa shape index (κ1) is 11.8. The highest BCUT2D eigenvalue weighted by atomic mass is 35.5. The van der Waals surface area contributed by atoms with Crippen molar-refractivity contribution in [2.24, 2.45) is 0 Å². The van der Waals surface area contributed by atoms with E-state index in [2.05, 4.69) is 15.0 Å². The zero-order chi connectivity index (χ0) is 13.5. The molecule has 1 aromatic carbocycles. The molecule has 0 fully saturated rings. The van der Waals surface area contributed by atoms with Gasteiger partial charge in [-0.05, 0) is 12.1 Å². The van der Waals surface area contributed by atoms with Crippen LogP contribution in [0.5, 0.6) is 0 Å². The molecule has 0 atom stereocenters. The Balaban J connectivity index is 2.08. The molecule has 0 saturated carbocycles. The number of thiophene rings is 1. The van der Waals surface area contributed by atoms with Gasteiger partial charge in [0.15, 0.2) is 11.0 Å². The van der Waals surface area contributed by atoms with Gasteiger partial charge in [-0.15, -0.1) is 11.3 Å². The van der Waals surface area contributed by atoms with E-state index < -0.39 is 0 Å². The SMILES string of the molecule is Clc1nc(-c2ccccc2)nc2c1sc1ncccc12. The predicted octanol–water partition coefficient (Wildman–Crippen LogP) is 4.56. The Hall–Kier alpha value is -2.04. The smallest absolute Gasteiger partial charge is 0.161 e. The third kappa shape index (κ3) is 1.77. The minimum absolute atomic E-state index is 0.483. The van der Waals surface area contributed by atoms with Crippen LogP contribution in [0.3, 0.4) is 0 Å². The molecular formula is C15H8ClN3S. The summed E-state index contributed by atoms with van der Waals surface area (Å²) in [7, 11) is 0. The molecule has 0 unspecified atom stereocenters. The van der Waals surface area contributed by atoms with E-state index in [4.69, 9.17) is 11.6 Å². The monoisotopic (exact) mass is 297 g/mol. The molecule has 0 aliphatic rings. The van der Waals surface area contributed by atoms with Crippen LogP contribution in [0.15, 0.2) is 48.7 Å². The van der Waals surface area contributed by atoms with Crippen molar-refractivity contribution in [3.05, 3.63) is 53.8 Å². The van der Waals surface area contributed by atoms with Gasteiger partial charge in [-0.2, -0.15) is 0 Å². The van der Waals surface area contributed by atoms with Gasteiger partial charge in [0.2, 0.25) is 0 Å². The van der Waals surface area contributed by atoms with E-state index in [-0.39, 0.29) is 0 Å². The van der Waals surface area contributed by atoms with Crippen molar-refractivity contribution in [3.63, 3.8) is 0 Å². The quantitative estimate of drug-likeness (QED) is 0.483. The fraction of sp³-hybridized carbons (Fsp3) is 0. The third-order valence-corrected chi connectivity index (χ3v) is 4.58. The molecule has 0 N–H and O–H groups in total. The highest BCUT2D eigenvalue weighted by Gasteiger charge is 2.13. The second-order valence-electron chi connectivity index (χ2n) is 4.34. The van der Waals surface area contributed by atoms with E-state index in [1.165, 1.54) is 11.3 Å². The van der Waals surface area contributed by atoms with Gasteiger partial charge in [0.25, 0.3) is 0 Å². The molecule has 4 aromatic rings. The maximum Gasteiger partial charge on any atom is 0.161 e. The van der Waals surface area contributed by atoms with Crippen LogP contribution in [0.2, 0.25) is 5.15 Å². The minimum Gasteiger partial charge on any atom is -0.245 e. The summed E-state index contributed by atoms with van der Waals surface area (Å²) >= 11 is 7.84. The molecule has 96 valence electrons. The van der Waals surface area contributed by atoms with Crippen molar-refractivity contribution in [1.82, 2.24) is 15.0 Å². The van der Waals surface area contributed by atoms with Crippen molar-refractivity contribution < 1.29 is 0 Å². The van der Waals surface area contributed by atoms with Crippen molar-refractivity contribution in [3.8, 4) is 11.4 Å². The summed E-state index contributed by atoms with van der Waals surface area (Å²) < 4.78 is 0.889. The van der Waals surface area contributed by atoms with E-state index in [9.17, 15) is 0 Å². The van der Waals surface area contributed by atoms with Gasteiger partial charge in [-0.3, -0.25) is 0 Å². The average Bonchev–Trinajstić information content (AvgIpc) is 2.88. The lowest BCUT2D eigenvalue weighted by atomic mass is 10.2. The molecule has 0 aliphatic carbocycles. The summed E-state index contributed by atoms with van der Waals surface area (Å²) in [5, 5.41) is 1.51. The Kier molecular flexibility index (Phi) is 2.65. The summed E-state index contributed by atoms with van der Waals surface area (Å²) in [6.07, 6.45) is 1.77. The number of hydrogen-bond donors (Lipinski definition) is 0. The molecule has 5 heteroatoms. The van der Waals surface area contributed by atoms with Crippen molar-refractivity contribution in [1.29, 1.82) is 0 Å². The molecule has 0 bridgehead atoms. The van der Waals surface area contributed by atoms with Crippen molar-refractivity contribution in [2.45, 2.75) is 0 Å². The van der Waals surface area contributed by atoms with Gasteiger partial charge < -0.3 is 0 Å². The van der Waals surface area contributed by atoms with Gasteiger partial charge in [0.1, 0.15) is 4.83 Å². The van der Waals surface area contributed by atoms with E-state index >= 15 is 0 Å². The zero-order valence-electron chi connectivity index (χ0n) is 10.2. The number of aromatic nitrogens is 3. The molecule has 20 heavy (non-hydrogen) atoms. The number of benzene rings is 1. The van der Waals surface area contributed by atoms with Crippen LogP contribution < -0.4 is 0 Å². The van der Waals surface area contributed by atoms with Crippen LogP contribution in [-0.4, -0.2) is 15.0 Å². The normalized spacial score (nSPS) is 11.2. The van der Waals surface area contributed by atoms with E-state index in [0.29, 0.717) is 11.0 Å². The van der Waals surface area contributed by atoms with Crippen molar-refractivity contribution in [2.75, 3.05) is 0 Å². The minimum atomic E-state index is 0.483. The summed E-state index contributed by atoms with van der Waals surface area (Å²) in [6, 6.07) is 13.8. The molecule has 0 radical (unpaired) electrons. The molecule has 0 saturated heterocycles. The second-order valence-corrected chi connectivity index (χ2v) is 5.70. The molecule has 3 heterocycles. The Bertz CT molecular complexity index is 918. The van der Waals surface area contributed by atoms with Gasteiger partial charge in [0, 0.05) is 17.1 Å². The summed E-state index contributed by atoms with van der Waals surface area (Å²) in [5.41, 5.74) is 1.83. The number of halogens is 1. The Morgan fingerprint density at radius 3 is 2.65 bits per heavy atom. The van der Waals surface area contributed by atoms with Gasteiger partial charge in [-0.25, -0.2) is 15.0 Å². The molecule has 0 spiro atoms. The summed E-state index contributed by atoms with van der Waals surface area (Å²) in [6.45, 7) is 0. The zero-order valence-corrected chi connectivity index (χ0v) is 11.8. The molecular weight excluding hydrogens is 290 g/mol. The largest absolute Gasteiger partial charge is 0.245 e. The second kappa shape index (κ2) is 4.51. The van der Waals surface area contributed by atoms with E-state index in [1.807, 2.05) is 42.5 Å². The topological polar surface area (TPSA) is 38.7 Å². The molecule has 3 aromatic heterocycles. The summed E-state index contributed by atoms with van der Waals surface area (Å²) in [5.74, 6) is 0.645. The maximum absolute atomic E-state index is 6.32. The Morgan fingerprint density at radius 1 is 0.950 bits per heavy atom. The number of fused-ring (bicyclic) bond motifs is 3. The first-order valence-electron chi connectivity index (χ1n) is 6.09. The maximum atomic E-state index is 6.32. The van der Waals surface area contributed by atoms with Gasteiger partial charge in [-0.1, -0.05) is 41.9 Å². The first-order valence-corrected chi connectivity index (χ1v) is 7.28. The highest BCUT2D eigenvalue weighted by Crippen LogP contribution is 2.35. The molecule has 0 aliphatic heterocycles.